The predicted octanol–water partition coefficient (Wildman–Crippen LogP) is -0.0408. The first-order chi connectivity index (χ1) is 17.1. The molecule has 0 heterocycles. The molecule has 0 aromatic heterocycles. The Morgan fingerprint density at radius 3 is 2.30 bits per heavy atom. The van der Waals surface area contributed by atoms with Crippen LogP contribution in [0.4, 0.5) is 11.4 Å². The average Bonchev–Trinajstić information content (AvgIpc) is 2.77. The minimum Gasteiger partial charge on any atom is -0.510 e. The zero-order chi connectivity index (χ0) is 27.7. The molecule has 0 bridgehead atoms. The third-order valence-electron chi connectivity index (χ3n) is 7.45. The lowest BCUT2D eigenvalue weighted by Gasteiger charge is -2.50. The zero-order valence-electron chi connectivity index (χ0n) is 20.8. The van der Waals surface area contributed by atoms with Gasteiger partial charge in [0.15, 0.2) is 17.1 Å². The number of phenols is 1. The fourth-order valence-electron chi connectivity index (χ4n) is 5.94. The zero-order valence-corrected chi connectivity index (χ0v) is 20.8. The number of aliphatic hydroxyl groups is 3. The molecular weight excluding hydrogens is 484 g/mol. The summed E-state index contributed by atoms with van der Waals surface area (Å²) in [7, 11) is 6.55. The highest BCUT2D eigenvalue weighted by molar-refractivity contribution is 6.25. The number of nitrogens with zero attached hydrogens (tertiary/aromatic N) is 2. The van der Waals surface area contributed by atoms with Gasteiger partial charge in [-0.15, -0.1) is 0 Å². The Hall–Kier alpha value is -3.90. The molecule has 4 atom stereocenters. The van der Waals surface area contributed by atoms with Crippen molar-refractivity contribution in [2.75, 3.05) is 38.4 Å². The first-order valence-electron chi connectivity index (χ1n) is 11.5. The number of phenolic OH excluding ortho intramolecular Hbond substituents is 1. The van der Waals surface area contributed by atoms with E-state index in [0.29, 0.717) is 11.3 Å². The van der Waals surface area contributed by atoms with Crippen LogP contribution in [0.1, 0.15) is 22.3 Å². The molecule has 0 aliphatic heterocycles. The number of fused-ring (bicyclic) bond motifs is 3. The Kier molecular flexibility index (Phi) is 6.08. The lowest BCUT2D eigenvalue weighted by atomic mass is 9.58. The number of rotatable bonds is 4. The lowest BCUT2D eigenvalue weighted by molar-refractivity contribution is -0.148. The van der Waals surface area contributed by atoms with Gasteiger partial charge in [0.1, 0.15) is 17.1 Å². The van der Waals surface area contributed by atoms with Crippen LogP contribution in [0.2, 0.25) is 0 Å². The van der Waals surface area contributed by atoms with Crippen LogP contribution in [0, 0.1) is 18.8 Å². The number of carbonyl (C=O) groups excluding carboxylic acids is 4. The second kappa shape index (κ2) is 8.60. The molecule has 2 unspecified atom stereocenters. The minimum atomic E-state index is -2.72. The molecule has 3 aliphatic carbocycles. The van der Waals surface area contributed by atoms with Gasteiger partial charge in [0.2, 0.25) is 11.7 Å². The van der Waals surface area contributed by atoms with Gasteiger partial charge in [0.25, 0.3) is 5.91 Å². The molecule has 0 fully saturated rings. The molecule has 7 N–H and O–H groups in total. The number of carbonyl (C=O) groups is 4. The van der Waals surface area contributed by atoms with Gasteiger partial charge in [-0.05, 0) is 44.5 Å². The Morgan fingerprint density at radius 1 is 1.16 bits per heavy atom. The maximum Gasteiger partial charge on any atom is 0.255 e. The van der Waals surface area contributed by atoms with Crippen molar-refractivity contribution in [3.05, 3.63) is 46.8 Å². The largest absolute Gasteiger partial charge is 0.510 e. The molecule has 1 aromatic rings. The maximum atomic E-state index is 13.8. The highest BCUT2D eigenvalue weighted by atomic mass is 16.3. The van der Waals surface area contributed by atoms with Crippen molar-refractivity contribution in [3.63, 3.8) is 0 Å². The molecule has 0 spiro atoms. The molecule has 12 nitrogen and oxygen atoms in total. The van der Waals surface area contributed by atoms with E-state index in [2.05, 4.69) is 12.2 Å². The summed E-state index contributed by atoms with van der Waals surface area (Å²) in [5.41, 5.74) is 2.16. The summed E-state index contributed by atoms with van der Waals surface area (Å²) in [5.74, 6) is -8.11. The molecule has 4 rings (SSSR count). The molecule has 3 aliphatic rings. The number of hydrogen-bond acceptors (Lipinski definition) is 10. The number of Topliss-reactive ketones (excluding diaryl/α,β-unsaturated/α-hetero) is 2. The summed E-state index contributed by atoms with van der Waals surface area (Å²) in [6.45, 7) is 3.22. The number of nitrogens with one attached hydrogen (secondary N) is 1. The third-order valence-corrected chi connectivity index (χ3v) is 7.45. The monoisotopic (exact) mass is 513 g/mol. The number of primary amides is 1. The summed E-state index contributed by atoms with van der Waals surface area (Å²) in [6.07, 6.45) is 0.116. The van der Waals surface area contributed by atoms with Crippen LogP contribution in [0.15, 0.2) is 28.7 Å². The lowest BCUT2D eigenvalue weighted by Crippen LogP contribution is -2.63. The predicted molar refractivity (Wildman–Crippen MR) is 132 cm³/mol. The van der Waals surface area contributed by atoms with E-state index in [1.807, 2.05) is 0 Å². The standard InChI is InChI=1S/C25H29N4O8/c1-9(30)27-13-8-14(28(2)3)11-6-10-7-12-18(29(4)5)21(33)17(24(26)36)23(35)25(12,37)22(34)15(10)20(32)16(11)19(13)31/h8,10,12,18,31,33-34,37H,1,6-7H2,2-5H3,(H2,26,36)(H,27,30)/t10?,12?,18-,25-/m0/s1. The molecule has 2 amide bonds. The normalized spacial score (nSPS) is 27.1. The van der Waals surface area contributed by atoms with E-state index in [0.717, 1.165) is 0 Å². The minimum absolute atomic E-state index is 0.0171. The van der Waals surface area contributed by atoms with Gasteiger partial charge in [-0.2, -0.15) is 0 Å². The maximum absolute atomic E-state index is 13.8. The number of anilines is 2. The first-order valence-corrected chi connectivity index (χ1v) is 11.5. The van der Waals surface area contributed by atoms with E-state index in [4.69, 9.17) is 5.73 Å². The van der Waals surface area contributed by atoms with Crippen LogP contribution in [0.5, 0.6) is 5.75 Å². The molecule has 197 valence electrons. The third kappa shape index (κ3) is 3.58. The number of aromatic hydroxyl groups is 1. The van der Waals surface area contributed by atoms with Crippen molar-refractivity contribution in [1.82, 2.24) is 4.90 Å². The topological polar surface area (TPSA) is 194 Å². The van der Waals surface area contributed by atoms with Gasteiger partial charge >= 0.3 is 0 Å². The molecule has 1 radical (unpaired) electrons. The summed E-state index contributed by atoms with van der Waals surface area (Å²) >= 11 is 0. The van der Waals surface area contributed by atoms with Gasteiger partial charge in [0.05, 0.1) is 17.3 Å². The van der Waals surface area contributed by atoms with Crippen molar-refractivity contribution < 1.29 is 39.6 Å². The average molecular weight is 514 g/mol. The molecule has 0 saturated carbocycles. The van der Waals surface area contributed by atoms with Crippen molar-refractivity contribution in [3.8, 4) is 5.75 Å². The highest BCUT2D eigenvalue weighted by Crippen LogP contribution is 2.53. The number of hydrogen-bond donors (Lipinski definition) is 6. The Balaban J connectivity index is 1.99. The molecular formula is C25H29N4O8. The Morgan fingerprint density at radius 2 is 1.78 bits per heavy atom. The van der Waals surface area contributed by atoms with E-state index in [1.165, 1.54) is 11.0 Å². The van der Waals surface area contributed by atoms with Crippen molar-refractivity contribution >= 4 is 34.8 Å². The molecule has 37 heavy (non-hydrogen) atoms. The fourth-order valence-corrected chi connectivity index (χ4v) is 5.94. The van der Waals surface area contributed by atoms with Crippen molar-refractivity contribution in [2.24, 2.45) is 17.6 Å². The Bertz CT molecular complexity index is 1330. The molecule has 12 heteroatoms. The Labute approximate surface area is 212 Å². The van der Waals surface area contributed by atoms with E-state index in [-0.39, 0.29) is 29.7 Å². The number of nitrogens with two attached hydrogens (primary N) is 1. The van der Waals surface area contributed by atoms with Crippen LogP contribution >= 0.6 is 0 Å². The summed E-state index contributed by atoms with van der Waals surface area (Å²) in [4.78, 5) is 54.0. The SMILES string of the molecule is [CH2]C(=O)Nc1cc(N(C)C)c2c(c1O)C(=O)C1=C(O)[C@]3(O)C(=O)C(C(N)=O)=C(O)[C@@H](N(C)C)C3CC1C2. The highest BCUT2D eigenvalue weighted by Gasteiger charge is 2.63. The number of ketones is 2. The second-order valence-corrected chi connectivity index (χ2v) is 10.1. The second-order valence-electron chi connectivity index (χ2n) is 10.1. The number of aliphatic hydroxyl groups excluding tert-OH is 2. The number of amides is 2. The van der Waals surface area contributed by atoms with Crippen LogP contribution in [-0.4, -0.2) is 88.5 Å². The summed E-state index contributed by atoms with van der Waals surface area (Å²) in [6, 6.07) is 0.431. The molecule has 1 aromatic carbocycles. The van der Waals surface area contributed by atoms with Crippen LogP contribution < -0.4 is 16.0 Å². The van der Waals surface area contributed by atoms with Gasteiger partial charge in [-0.25, -0.2) is 0 Å². The summed E-state index contributed by atoms with van der Waals surface area (Å²) in [5, 5.41) is 47.1. The van der Waals surface area contributed by atoms with Gasteiger partial charge < -0.3 is 36.4 Å². The summed E-state index contributed by atoms with van der Waals surface area (Å²) < 4.78 is 0. The number of likely N-dealkylation sites (N-methyl/N-ethyl adjacent to an activating group) is 1. The van der Waals surface area contributed by atoms with E-state index in [1.54, 1.807) is 33.1 Å². The first kappa shape index (κ1) is 26.2. The van der Waals surface area contributed by atoms with Crippen LogP contribution in [-0.2, 0) is 20.8 Å². The number of benzene rings is 1. The van der Waals surface area contributed by atoms with Crippen LogP contribution in [0.3, 0.4) is 0 Å². The van der Waals surface area contributed by atoms with Gasteiger partial charge in [-0.3, -0.25) is 24.1 Å². The van der Waals surface area contributed by atoms with E-state index >= 15 is 0 Å². The van der Waals surface area contributed by atoms with Crippen LogP contribution in [0.25, 0.3) is 0 Å². The van der Waals surface area contributed by atoms with Crippen molar-refractivity contribution in [1.29, 1.82) is 0 Å². The van der Waals surface area contributed by atoms with Gasteiger partial charge in [0, 0.05) is 38.2 Å². The van der Waals surface area contributed by atoms with E-state index in [9.17, 15) is 39.6 Å². The van der Waals surface area contributed by atoms with Gasteiger partial charge in [-0.1, -0.05) is 0 Å². The number of allylic oxidation sites excluding steroid dienone is 1. The fraction of sp³-hybridized carbons (Fsp3) is 0.400. The van der Waals surface area contributed by atoms with E-state index < -0.39 is 69.7 Å². The quantitative estimate of drug-likeness (QED) is 0.235. The molecule has 0 saturated heterocycles. The van der Waals surface area contributed by atoms with Crippen molar-refractivity contribution in [2.45, 2.75) is 24.5 Å². The smallest absolute Gasteiger partial charge is 0.255 e.